The Labute approximate surface area is 29.8 Å². The zero-order valence-corrected chi connectivity index (χ0v) is 2.56. The van der Waals surface area contributed by atoms with Crippen LogP contribution in [0.5, 0.6) is 0 Å². The standard InChI is InChI=1S/C2H3N2O/c3-1-2-4-5/h4H,2H2/q-1. The average Bonchev–Trinajstić information content (AvgIpc) is 1.41. The Morgan fingerprint density at radius 3 is 2.60 bits per heavy atom. The lowest BCUT2D eigenvalue weighted by Crippen LogP contribution is -2.00. The first kappa shape index (κ1) is 4.41. The van der Waals surface area contributed by atoms with Crippen molar-refractivity contribution in [3.63, 3.8) is 0 Å². The van der Waals surface area contributed by atoms with Crippen LogP contribution in [0.4, 0.5) is 0 Å². The summed E-state index contributed by atoms with van der Waals surface area (Å²) in [6, 6.07) is 1.59. The summed E-state index contributed by atoms with van der Waals surface area (Å²) >= 11 is 0. The Morgan fingerprint density at radius 1 is 2.00 bits per heavy atom. The maximum atomic E-state index is 9.06. The number of nitriles is 1. The van der Waals surface area contributed by atoms with E-state index in [1.54, 1.807) is 6.07 Å². The monoisotopic (exact) mass is 71.0 g/mol. The first-order valence-electron chi connectivity index (χ1n) is 1.13. The second-order valence-corrected chi connectivity index (χ2v) is 0.479. The highest BCUT2D eigenvalue weighted by Crippen LogP contribution is 1.40. The minimum absolute atomic E-state index is 0.111. The van der Waals surface area contributed by atoms with Gasteiger partial charge in [-0.1, -0.05) is 0 Å². The van der Waals surface area contributed by atoms with Gasteiger partial charge in [-0.15, -0.1) is 0 Å². The van der Waals surface area contributed by atoms with E-state index in [4.69, 9.17) is 10.5 Å². The van der Waals surface area contributed by atoms with Crippen molar-refractivity contribution in [1.29, 1.82) is 5.26 Å². The number of nitrogens with one attached hydrogen (secondary N) is 1. The molecule has 0 bridgehead atoms. The number of hydrogen-bond acceptors (Lipinski definition) is 3. The van der Waals surface area contributed by atoms with Crippen molar-refractivity contribution in [2.24, 2.45) is 0 Å². The molecule has 0 saturated carbocycles. The van der Waals surface area contributed by atoms with Crippen LogP contribution in [-0.2, 0) is 0 Å². The molecule has 0 atom stereocenters. The van der Waals surface area contributed by atoms with Gasteiger partial charge in [0.2, 0.25) is 0 Å². The van der Waals surface area contributed by atoms with Gasteiger partial charge in [0, 0.05) is 0 Å². The third-order valence-electron chi connectivity index (χ3n) is 0.151. The van der Waals surface area contributed by atoms with E-state index in [0.717, 1.165) is 0 Å². The molecule has 0 spiro atoms. The Bertz CT molecular complexity index is 46.1. The first-order valence-corrected chi connectivity index (χ1v) is 1.13. The molecule has 0 unspecified atom stereocenters. The molecule has 0 radical (unpaired) electrons. The molecule has 0 aromatic rings. The van der Waals surface area contributed by atoms with Crippen LogP contribution in [0, 0.1) is 16.5 Å². The van der Waals surface area contributed by atoms with Gasteiger partial charge in [-0.2, -0.15) is 5.26 Å². The number of hydroxylamine groups is 1. The maximum Gasteiger partial charge on any atom is 0.0767 e. The third kappa shape index (κ3) is 3.41. The van der Waals surface area contributed by atoms with Crippen LogP contribution in [0.3, 0.4) is 0 Å². The zero-order valence-electron chi connectivity index (χ0n) is 2.56. The van der Waals surface area contributed by atoms with E-state index in [2.05, 4.69) is 0 Å². The summed E-state index contributed by atoms with van der Waals surface area (Å²) in [5.41, 5.74) is 1.41. The van der Waals surface area contributed by atoms with E-state index in [9.17, 15) is 0 Å². The quantitative estimate of drug-likeness (QED) is 0.338. The molecule has 28 valence electrons. The van der Waals surface area contributed by atoms with Crippen LogP contribution < -0.4 is 5.48 Å². The molecule has 0 aromatic carbocycles. The summed E-state index contributed by atoms with van der Waals surface area (Å²) in [5, 5.41) is 16.6. The van der Waals surface area contributed by atoms with Crippen LogP contribution in [0.1, 0.15) is 0 Å². The van der Waals surface area contributed by atoms with Crippen molar-refractivity contribution in [3.8, 4) is 6.07 Å². The SMILES string of the molecule is N#CCN[O-]. The van der Waals surface area contributed by atoms with Gasteiger partial charge in [-0.3, -0.25) is 0 Å². The van der Waals surface area contributed by atoms with Crippen LogP contribution in [-0.4, -0.2) is 6.54 Å². The van der Waals surface area contributed by atoms with Gasteiger partial charge in [-0.05, 0) is 0 Å². The molecule has 5 heavy (non-hydrogen) atoms. The van der Waals surface area contributed by atoms with Gasteiger partial charge < -0.3 is 10.7 Å². The summed E-state index contributed by atoms with van der Waals surface area (Å²) in [5.74, 6) is 0. The molecule has 0 rings (SSSR count). The fraction of sp³-hybridized carbons (Fsp3) is 0.500. The van der Waals surface area contributed by atoms with Crippen LogP contribution in [0.2, 0.25) is 0 Å². The van der Waals surface area contributed by atoms with Crippen molar-refractivity contribution >= 4 is 0 Å². The normalized spacial score (nSPS) is 6.40. The van der Waals surface area contributed by atoms with Crippen molar-refractivity contribution in [3.05, 3.63) is 5.21 Å². The third-order valence-corrected chi connectivity index (χ3v) is 0.151. The summed E-state index contributed by atoms with van der Waals surface area (Å²) in [6.07, 6.45) is 0. The predicted octanol–water partition coefficient (Wildman–Crippen LogP) is -0.403. The second kappa shape index (κ2) is 3.41. The van der Waals surface area contributed by atoms with E-state index < -0.39 is 0 Å². The smallest absolute Gasteiger partial charge is 0.0767 e. The fourth-order valence-electron chi connectivity index (χ4n) is 0.0323. The van der Waals surface area contributed by atoms with Crippen LogP contribution >= 0.6 is 0 Å². The van der Waals surface area contributed by atoms with E-state index in [0.29, 0.717) is 0 Å². The number of rotatable bonds is 1. The molecule has 3 heteroatoms. The zero-order chi connectivity index (χ0) is 4.12. The molecule has 0 aliphatic carbocycles. The summed E-state index contributed by atoms with van der Waals surface area (Å²) in [7, 11) is 0. The van der Waals surface area contributed by atoms with Gasteiger partial charge in [0.15, 0.2) is 0 Å². The van der Waals surface area contributed by atoms with Gasteiger partial charge in [-0.25, -0.2) is 0 Å². The molecule has 0 saturated heterocycles. The lowest BCUT2D eigenvalue weighted by atomic mass is 10.8. The highest BCUT2D eigenvalue weighted by Gasteiger charge is 1.54. The van der Waals surface area contributed by atoms with Gasteiger partial charge in [0.05, 0.1) is 12.6 Å². The van der Waals surface area contributed by atoms with Gasteiger partial charge >= 0.3 is 0 Å². The molecule has 0 fully saturated rings. The highest BCUT2D eigenvalue weighted by atomic mass is 16.5. The highest BCUT2D eigenvalue weighted by molar-refractivity contribution is 4.71. The Hall–Kier alpha value is -0.590. The van der Waals surface area contributed by atoms with Crippen molar-refractivity contribution in [2.45, 2.75) is 0 Å². The van der Waals surface area contributed by atoms with Gasteiger partial charge in [0.1, 0.15) is 0 Å². The number of hydrogen-bond donors (Lipinski definition) is 1. The lowest BCUT2D eigenvalue weighted by molar-refractivity contribution is 1.00. The molecule has 0 aromatic heterocycles. The molecule has 0 heterocycles. The largest absolute Gasteiger partial charge is 0.787 e. The van der Waals surface area contributed by atoms with E-state index in [1.165, 1.54) is 5.48 Å². The Kier molecular flexibility index (Phi) is 3.01. The molecule has 0 aliphatic rings. The van der Waals surface area contributed by atoms with E-state index in [-0.39, 0.29) is 6.54 Å². The topological polar surface area (TPSA) is 58.9 Å². The maximum absolute atomic E-state index is 9.06. The first-order chi connectivity index (χ1) is 2.41. The Balaban J connectivity index is 2.48. The Morgan fingerprint density at radius 2 is 2.60 bits per heavy atom. The molecular formula is C2H3N2O-. The number of nitrogens with zero attached hydrogens (tertiary/aromatic N) is 1. The predicted molar refractivity (Wildman–Crippen MR) is 17.0 cm³/mol. The van der Waals surface area contributed by atoms with Crippen molar-refractivity contribution in [1.82, 2.24) is 5.48 Å². The summed E-state index contributed by atoms with van der Waals surface area (Å²) in [6.45, 7) is -0.111. The fourth-order valence-corrected chi connectivity index (χ4v) is 0.0323. The second-order valence-electron chi connectivity index (χ2n) is 0.479. The molecule has 1 N–H and O–H groups in total. The van der Waals surface area contributed by atoms with Gasteiger partial charge in [0.25, 0.3) is 0 Å². The summed E-state index contributed by atoms with van der Waals surface area (Å²) in [4.78, 5) is 0. The van der Waals surface area contributed by atoms with Crippen LogP contribution in [0.25, 0.3) is 0 Å². The molecule has 0 aliphatic heterocycles. The molecular weight excluding hydrogens is 68.0 g/mol. The average molecular weight is 71.1 g/mol. The molecule has 3 nitrogen and oxygen atoms in total. The van der Waals surface area contributed by atoms with Crippen LogP contribution in [0.15, 0.2) is 0 Å². The van der Waals surface area contributed by atoms with E-state index >= 15 is 0 Å². The lowest BCUT2D eigenvalue weighted by Gasteiger charge is -1.94. The molecule has 0 amide bonds. The minimum atomic E-state index is -0.111. The van der Waals surface area contributed by atoms with E-state index in [1.807, 2.05) is 0 Å². The minimum Gasteiger partial charge on any atom is -0.787 e. The van der Waals surface area contributed by atoms with Crippen molar-refractivity contribution in [2.75, 3.05) is 6.54 Å². The van der Waals surface area contributed by atoms with Crippen molar-refractivity contribution < 1.29 is 0 Å². The summed E-state index contributed by atoms with van der Waals surface area (Å²) < 4.78 is 0.